The minimum atomic E-state index is -0.791. The molecule has 5 nitrogen and oxygen atoms in total. The topological polar surface area (TPSA) is 98.2 Å². The Morgan fingerprint density at radius 3 is 2.29 bits per heavy atom. The molecule has 0 radical (unpaired) electrons. The number of nitrogens with two attached hydrogens (primary N) is 2. The third-order valence-corrected chi connectivity index (χ3v) is 2.09. The number of primary amides is 1. The molecule has 0 fully saturated rings. The van der Waals surface area contributed by atoms with E-state index in [1.165, 1.54) is 0 Å². The SMILES string of the molecule is Cl.NCCC(=O)NC(C(N)=O)c1ccccc1. The third-order valence-electron chi connectivity index (χ3n) is 2.09. The maximum absolute atomic E-state index is 11.3. The van der Waals surface area contributed by atoms with Crippen LogP contribution in [0, 0.1) is 0 Å². The van der Waals surface area contributed by atoms with Crippen molar-refractivity contribution in [2.45, 2.75) is 12.5 Å². The van der Waals surface area contributed by atoms with E-state index in [0.29, 0.717) is 5.56 Å². The van der Waals surface area contributed by atoms with Crippen LogP contribution in [0.2, 0.25) is 0 Å². The number of carbonyl (C=O) groups excluding carboxylic acids is 2. The summed E-state index contributed by atoms with van der Waals surface area (Å²) in [6.07, 6.45) is 0.177. The molecule has 1 unspecified atom stereocenters. The first-order chi connectivity index (χ1) is 7.65. The van der Waals surface area contributed by atoms with Gasteiger partial charge in [0.05, 0.1) is 0 Å². The molecule has 0 aliphatic rings. The first kappa shape index (κ1) is 15.4. The lowest BCUT2D eigenvalue weighted by atomic mass is 10.1. The van der Waals surface area contributed by atoms with Gasteiger partial charge in [0.2, 0.25) is 11.8 Å². The van der Waals surface area contributed by atoms with E-state index in [9.17, 15) is 9.59 Å². The molecule has 0 aliphatic heterocycles. The first-order valence-electron chi connectivity index (χ1n) is 4.99. The molecule has 2 amide bonds. The Morgan fingerprint density at radius 1 is 1.24 bits per heavy atom. The predicted molar refractivity (Wildman–Crippen MR) is 67.4 cm³/mol. The van der Waals surface area contributed by atoms with E-state index in [-0.39, 0.29) is 31.3 Å². The molecular weight excluding hydrogens is 242 g/mol. The van der Waals surface area contributed by atoms with Gasteiger partial charge in [0.15, 0.2) is 0 Å². The summed E-state index contributed by atoms with van der Waals surface area (Å²) in [6, 6.07) is 8.06. The number of amides is 2. The zero-order chi connectivity index (χ0) is 12.0. The van der Waals surface area contributed by atoms with Crippen molar-refractivity contribution in [1.82, 2.24) is 5.32 Å². The highest BCUT2D eigenvalue weighted by Crippen LogP contribution is 2.11. The molecule has 6 heteroatoms. The molecule has 94 valence electrons. The van der Waals surface area contributed by atoms with Crippen LogP contribution in [0.3, 0.4) is 0 Å². The van der Waals surface area contributed by atoms with E-state index in [4.69, 9.17) is 11.5 Å². The maximum Gasteiger partial charge on any atom is 0.244 e. The standard InChI is InChI=1S/C11H15N3O2.ClH/c12-7-6-9(15)14-10(11(13)16)8-4-2-1-3-5-8;/h1-5,10H,6-7,12H2,(H2,13,16)(H,14,15);1H. The maximum atomic E-state index is 11.3. The van der Waals surface area contributed by atoms with Gasteiger partial charge in [-0.25, -0.2) is 0 Å². The van der Waals surface area contributed by atoms with Crippen molar-refractivity contribution >= 4 is 24.2 Å². The summed E-state index contributed by atoms with van der Waals surface area (Å²) in [5.74, 6) is -0.869. The van der Waals surface area contributed by atoms with Crippen LogP contribution in [0.4, 0.5) is 0 Å². The predicted octanol–water partition coefficient (Wildman–Crippen LogP) is 0.0998. The van der Waals surface area contributed by atoms with Gasteiger partial charge in [-0.2, -0.15) is 0 Å². The molecule has 0 bridgehead atoms. The van der Waals surface area contributed by atoms with Gasteiger partial charge < -0.3 is 16.8 Å². The molecule has 0 saturated heterocycles. The zero-order valence-corrected chi connectivity index (χ0v) is 10.1. The average Bonchev–Trinajstić information content (AvgIpc) is 2.27. The van der Waals surface area contributed by atoms with Crippen molar-refractivity contribution in [3.05, 3.63) is 35.9 Å². The number of rotatable bonds is 5. The Balaban J connectivity index is 0.00000256. The van der Waals surface area contributed by atoms with Crippen LogP contribution >= 0.6 is 12.4 Å². The highest BCUT2D eigenvalue weighted by molar-refractivity contribution is 5.87. The van der Waals surface area contributed by atoms with Crippen LogP contribution < -0.4 is 16.8 Å². The Morgan fingerprint density at radius 2 is 1.82 bits per heavy atom. The molecule has 0 aromatic heterocycles. The molecule has 0 heterocycles. The molecular formula is C11H16ClN3O2. The van der Waals surface area contributed by atoms with Crippen LogP contribution in [0.5, 0.6) is 0 Å². The number of carbonyl (C=O) groups is 2. The number of hydrogen-bond acceptors (Lipinski definition) is 3. The van der Waals surface area contributed by atoms with Gasteiger partial charge in [0.1, 0.15) is 6.04 Å². The van der Waals surface area contributed by atoms with Crippen molar-refractivity contribution in [3.8, 4) is 0 Å². The summed E-state index contributed by atoms with van der Waals surface area (Å²) in [7, 11) is 0. The van der Waals surface area contributed by atoms with Gasteiger partial charge in [-0.3, -0.25) is 9.59 Å². The number of benzene rings is 1. The Bertz CT molecular complexity index is 370. The minimum absolute atomic E-state index is 0. The minimum Gasteiger partial charge on any atom is -0.368 e. The van der Waals surface area contributed by atoms with Crippen molar-refractivity contribution in [1.29, 1.82) is 0 Å². The highest BCUT2D eigenvalue weighted by atomic mass is 35.5. The summed E-state index contributed by atoms with van der Waals surface area (Å²) in [6.45, 7) is 0.242. The summed E-state index contributed by atoms with van der Waals surface area (Å²) in [5.41, 5.74) is 11.1. The molecule has 5 N–H and O–H groups in total. The highest BCUT2D eigenvalue weighted by Gasteiger charge is 2.19. The van der Waals surface area contributed by atoms with Crippen LogP contribution in [0.15, 0.2) is 30.3 Å². The van der Waals surface area contributed by atoms with E-state index in [1.54, 1.807) is 24.3 Å². The van der Waals surface area contributed by atoms with Crippen LogP contribution in [0.1, 0.15) is 18.0 Å². The van der Waals surface area contributed by atoms with Crippen molar-refractivity contribution in [3.63, 3.8) is 0 Å². The van der Waals surface area contributed by atoms with Crippen molar-refractivity contribution in [2.24, 2.45) is 11.5 Å². The quantitative estimate of drug-likeness (QED) is 0.698. The van der Waals surface area contributed by atoms with Crippen LogP contribution in [0.25, 0.3) is 0 Å². The van der Waals surface area contributed by atoms with E-state index in [2.05, 4.69) is 5.32 Å². The van der Waals surface area contributed by atoms with Gasteiger partial charge in [-0.15, -0.1) is 12.4 Å². The molecule has 1 atom stereocenters. The third kappa shape index (κ3) is 4.84. The summed E-state index contributed by atoms with van der Waals surface area (Å²) < 4.78 is 0. The fourth-order valence-corrected chi connectivity index (χ4v) is 1.33. The van der Waals surface area contributed by atoms with Crippen LogP contribution in [-0.4, -0.2) is 18.4 Å². The Hall–Kier alpha value is -1.59. The number of halogens is 1. The summed E-state index contributed by atoms with van der Waals surface area (Å²) in [5, 5.41) is 2.54. The zero-order valence-electron chi connectivity index (χ0n) is 9.26. The van der Waals surface area contributed by atoms with E-state index in [0.717, 1.165) is 0 Å². The molecule has 0 saturated carbocycles. The number of hydrogen-bond donors (Lipinski definition) is 3. The lowest BCUT2D eigenvalue weighted by Gasteiger charge is -2.15. The lowest BCUT2D eigenvalue weighted by molar-refractivity contribution is -0.127. The molecule has 0 spiro atoms. The van der Waals surface area contributed by atoms with Crippen molar-refractivity contribution < 1.29 is 9.59 Å². The van der Waals surface area contributed by atoms with E-state index >= 15 is 0 Å². The molecule has 1 aromatic carbocycles. The molecule has 1 rings (SSSR count). The van der Waals surface area contributed by atoms with Gasteiger partial charge >= 0.3 is 0 Å². The van der Waals surface area contributed by atoms with Crippen molar-refractivity contribution in [2.75, 3.05) is 6.54 Å². The van der Waals surface area contributed by atoms with Gasteiger partial charge in [0.25, 0.3) is 0 Å². The fourth-order valence-electron chi connectivity index (χ4n) is 1.33. The Kier molecular flexibility index (Phi) is 6.93. The van der Waals surface area contributed by atoms with Crippen LogP contribution in [-0.2, 0) is 9.59 Å². The van der Waals surface area contributed by atoms with E-state index < -0.39 is 11.9 Å². The second-order valence-corrected chi connectivity index (χ2v) is 3.35. The second kappa shape index (κ2) is 7.65. The second-order valence-electron chi connectivity index (χ2n) is 3.35. The summed E-state index contributed by atoms with van der Waals surface area (Å²) in [4.78, 5) is 22.5. The fraction of sp³-hybridized carbons (Fsp3) is 0.273. The van der Waals surface area contributed by atoms with Gasteiger partial charge in [0, 0.05) is 13.0 Å². The van der Waals surface area contributed by atoms with Gasteiger partial charge in [-0.05, 0) is 5.56 Å². The monoisotopic (exact) mass is 257 g/mol. The number of nitrogens with one attached hydrogen (secondary N) is 1. The largest absolute Gasteiger partial charge is 0.368 e. The van der Waals surface area contributed by atoms with Gasteiger partial charge in [-0.1, -0.05) is 30.3 Å². The normalized spacial score (nSPS) is 11.1. The van der Waals surface area contributed by atoms with E-state index in [1.807, 2.05) is 6.07 Å². The smallest absolute Gasteiger partial charge is 0.244 e. The molecule has 1 aromatic rings. The Labute approximate surface area is 106 Å². The average molecular weight is 258 g/mol. The molecule has 0 aliphatic carbocycles. The summed E-state index contributed by atoms with van der Waals surface area (Å²) >= 11 is 0. The lowest BCUT2D eigenvalue weighted by Crippen LogP contribution is -2.38. The first-order valence-corrected chi connectivity index (χ1v) is 4.99. The molecule has 17 heavy (non-hydrogen) atoms.